The maximum atomic E-state index is 13.8. The first-order valence-electron chi connectivity index (χ1n) is 10.1. The van der Waals surface area contributed by atoms with Gasteiger partial charge in [-0.3, -0.25) is 0 Å². The Kier molecular flexibility index (Phi) is 9.31. The summed E-state index contributed by atoms with van der Waals surface area (Å²) in [5.41, 5.74) is 9.35. The van der Waals surface area contributed by atoms with Crippen LogP contribution in [0.3, 0.4) is 0 Å². The highest BCUT2D eigenvalue weighted by Crippen LogP contribution is 2.31. The van der Waals surface area contributed by atoms with Crippen molar-refractivity contribution in [2.24, 2.45) is 5.73 Å². The number of carboxylic acid groups (broad SMARTS) is 1. The maximum absolute atomic E-state index is 13.8. The number of carboxylic acids is 1. The molecule has 5 nitrogen and oxygen atoms in total. The molecule has 182 valence electrons. The van der Waals surface area contributed by atoms with Gasteiger partial charge in [0.25, 0.3) is 0 Å². The van der Waals surface area contributed by atoms with Gasteiger partial charge in [-0.25, -0.2) is 18.6 Å². The summed E-state index contributed by atoms with van der Waals surface area (Å²) in [6, 6.07) is 19.8. The van der Waals surface area contributed by atoms with Gasteiger partial charge in [-0.05, 0) is 65.6 Å². The van der Waals surface area contributed by atoms with Crippen molar-refractivity contribution in [3.63, 3.8) is 0 Å². The predicted molar refractivity (Wildman–Crippen MR) is 136 cm³/mol. The zero-order valence-corrected chi connectivity index (χ0v) is 20.1. The van der Waals surface area contributed by atoms with Gasteiger partial charge in [-0.1, -0.05) is 30.3 Å². The predicted octanol–water partition coefficient (Wildman–Crippen LogP) is 6.80. The number of pyridine rings is 1. The Hall–Kier alpha value is -3.52. The van der Waals surface area contributed by atoms with E-state index in [2.05, 4.69) is 4.98 Å². The molecule has 0 bridgehead atoms. The van der Waals surface area contributed by atoms with Crippen molar-refractivity contribution in [3.05, 3.63) is 101 Å². The lowest BCUT2D eigenvalue weighted by Gasteiger charge is -2.12. The van der Waals surface area contributed by atoms with Gasteiger partial charge in [0.05, 0.1) is 11.3 Å². The molecule has 0 fully saturated rings. The van der Waals surface area contributed by atoms with Gasteiger partial charge in [0.1, 0.15) is 5.75 Å². The molecule has 35 heavy (non-hydrogen) atoms. The van der Waals surface area contributed by atoms with Crippen LogP contribution in [0.4, 0.5) is 8.78 Å². The summed E-state index contributed by atoms with van der Waals surface area (Å²) in [4.78, 5) is 15.9. The van der Waals surface area contributed by atoms with E-state index in [1.807, 2.05) is 49.4 Å². The van der Waals surface area contributed by atoms with Crippen LogP contribution in [0.1, 0.15) is 21.5 Å². The summed E-state index contributed by atoms with van der Waals surface area (Å²) in [5, 5.41) is 9.40. The van der Waals surface area contributed by atoms with Crippen LogP contribution in [0.15, 0.2) is 72.8 Å². The molecule has 0 amide bonds. The molecule has 0 spiro atoms. The SMILES string of the molecule is Cc1cc(Oc2cccc(-c3cc(F)c(F)cc3C(=O)O)n2)cc(-c2cccc(CN)c2)c1.Cl.Cl. The summed E-state index contributed by atoms with van der Waals surface area (Å²) >= 11 is 0. The molecule has 1 heterocycles. The van der Waals surface area contributed by atoms with Crippen LogP contribution in [-0.4, -0.2) is 16.1 Å². The Morgan fingerprint density at radius 2 is 1.66 bits per heavy atom. The fraction of sp³-hybridized carbons (Fsp3) is 0.0769. The van der Waals surface area contributed by atoms with Crippen LogP contribution < -0.4 is 10.5 Å². The number of nitrogens with two attached hydrogens (primary N) is 1. The number of rotatable bonds is 6. The standard InChI is InChI=1S/C26H20F2N2O3.2ClH/c1-15-8-18(17-5-2-4-16(10-17)14-29)11-19(9-15)33-25-7-3-6-24(30-25)20-12-22(27)23(28)13-21(20)26(31)32;;/h2-13H,14,29H2,1H3,(H,31,32);2*1H. The number of nitrogens with zero attached hydrogens (tertiary/aromatic N) is 1. The minimum atomic E-state index is -1.39. The molecular formula is C26H22Cl2F2N2O3. The minimum absolute atomic E-state index is 0. The number of hydrogen-bond acceptors (Lipinski definition) is 4. The molecule has 0 radical (unpaired) electrons. The highest BCUT2D eigenvalue weighted by atomic mass is 35.5. The third-order valence-corrected chi connectivity index (χ3v) is 5.06. The van der Waals surface area contributed by atoms with Crippen LogP contribution >= 0.6 is 24.8 Å². The first kappa shape index (κ1) is 27.7. The molecular weight excluding hydrogens is 497 g/mol. The van der Waals surface area contributed by atoms with Crippen molar-refractivity contribution in [1.29, 1.82) is 0 Å². The van der Waals surface area contributed by atoms with Crippen LogP contribution in [-0.2, 0) is 6.54 Å². The highest BCUT2D eigenvalue weighted by molar-refractivity contribution is 5.95. The number of hydrogen-bond donors (Lipinski definition) is 2. The summed E-state index contributed by atoms with van der Waals surface area (Å²) in [5.74, 6) is -3.09. The molecule has 3 aromatic carbocycles. The minimum Gasteiger partial charge on any atom is -0.478 e. The number of aromatic nitrogens is 1. The van der Waals surface area contributed by atoms with Crippen molar-refractivity contribution in [1.82, 2.24) is 4.98 Å². The summed E-state index contributed by atoms with van der Waals surface area (Å²) in [6.45, 7) is 2.37. The smallest absolute Gasteiger partial charge is 0.336 e. The number of aryl methyl sites for hydroxylation is 1. The van der Waals surface area contributed by atoms with Crippen LogP contribution in [0.5, 0.6) is 11.6 Å². The molecule has 0 saturated carbocycles. The molecule has 0 saturated heterocycles. The molecule has 0 aliphatic rings. The first-order chi connectivity index (χ1) is 15.8. The zero-order chi connectivity index (χ0) is 23.5. The van der Waals surface area contributed by atoms with Gasteiger partial charge in [0.15, 0.2) is 11.6 Å². The highest BCUT2D eigenvalue weighted by Gasteiger charge is 2.18. The van der Waals surface area contributed by atoms with E-state index in [4.69, 9.17) is 10.5 Å². The van der Waals surface area contributed by atoms with E-state index in [1.54, 1.807) is 12.1 Å². The first-order valence-corrected chi connectivity index (χ1v) is 10.1. The molecule has 3 N–H and O–H groups in total. The van der Waals surface area contributed by atoms with E-state index in [9.17, 15) is 18.7 Å². The second-order valence-corrected chi connectivity index (χ2v) is 7.52. The fourth-order valence-electron chi connectivity index (χ4n) is 3.53. The normalized spacial score (nSPS) is 10.2. The maximum Gasteiger partial charge on any atom is 0.336 e. The quantitative estimate of drug-likeness (QED) is 0.293. The molecule has 1 aromatic heterocycles. The van der Waals surface area contributed by atoms with Gasteiger partial charge in [0.2, 0.25) is 5.88 Å². The Morgan fingerprint density at radius 1 is 0.943 bits per heavy atom. The van der Waals surface area contributed by atoms with E-state index in [1.165, 1.54) is 6.07 Å². The average Bonchev–Trinajstić information content (AvgIpc) is 2.80. The van der Waals surface area contributed by atoms with Gasteiger partial charge < -0.3 is 15.6 Å². The van der Waals surface area contributed by atoms with Gasteiger partial charge in [0, 0.05) is 18.2 Å². The Balaban J connectivity index is 0.00000216. The third kappa shape index (κ3) is 6.33. The Bertz CT molecular complexity index is 1370. The molecule has 0 aliphatic carbocycles. The number of carbonyl (C=O) groups is 1. The molecule has 0 atom stereocenters. The van der Waals surface area contributed by atoms with Crippen molar-refractivity contribution in [2.75, 3.05) is 0 Å². The average molecular weight is 519 g/mol. The van der Waals surface area contributed by atoms with Crippen molar-refractivity contribution >= 4 is 30.8 Å². The molecule has 0 unspecified atom stereocenters. The van der Waals surface area contributed by atoms with Crippen LogP contribution in [0, 0.1) is 18.6 Å². The largest absolute Gasteiger partial charge is 0.478 e. The lowest BCUT2D eigenvalue weighted by Crippen LogP contribution is -2.03. The lowest BCUT2D eigenvalue weighted by atomic mass is 10.0. The van der Waals surface area contributed by atoms with Crippen molar-refractivity contribution < 1.29 is 23.4 Å². The number of aromatic carboxylic acids is 1. The number of halogens is 4. The fourth-order valence-corrected chi connectivity index (χ4v) is 3.53. The lowest BCUT2D eigenvalue weighted by molar-refractivity contribution is 0.0697. The molecule has 0 aliphatic heterocycles. The van der Waals surface area contributed by atoms with E-state index < -0.39 is 23.2 Å². The number of benzene rings is 3. The van der Waals surface area contributed by atoms with Crippen LogP contribution in [0.25, 0.3) is 22.4 Å². The summed E-state index contributed by atoms with van der Waals surface area (Å²) in [7, 11) is 0. The van der Waals surface area contributed by atoms with Crippen molar-refractivity contribution in [3.8, 4) is 34.0 Å². The Labute approximate surface area is 213 Å². The number of ether oxygens (including phenoxy) is 1. The molecule has 4 rings (SSSR count). The molecule has 4 aromatic rings. The van der Waals surface area contributed by atoms with E-state index in [-0.39, 0.29) is 42.0 Å². The molecule has 9 heteroatoms. The summed E-state index contributed by atoms with van der Waals surface area (Å²) in [6.07, 6.45) is 0. The second-order valence-electron chi connectivity index (χ2n) is 7.52. The van der Waals surface area contributed by atoms with E-state index in [0.29, 0.717) is 18.4 Å². The monoisotopic (exact) mass is 518 g/mol. The van der Waals surface area contributed by atoms with E-state index in [0.717, 1.165) is 28.3 Å². The third-order valence-electron chi connectivity index (χ3n) is 5.06. The van der Waals surface area contributed by atoms with Crippen molar-refractivity contribution in [2.45, 2.75) is 13.5 Å². The van der Waals surface area contributed by atoms with Crippen LogP contribution in [0.2, 0.25) is 0 Å². The van der Waals surface area contributed by atoms with Gasteiger partial charge in [-0.2, -0.15) is 0 Å². The Morgan fingerprint density at radius 3 is 2.37 bits per heavy atom. The second kappa shape index (κ2) is 11.8. The topological polar surface area (TPSA) is 85.4 Å². The van der Waals surface area contributed by atoms with Gasteiger partial charge >= 0.3 is 5.97 Å². The van der Waals surface area contributed by atoms with Gasteiger partial charge in [-0.15, -0.1) is 24.8 Å². The summed E-state index contributed by atoms with van der Waals surface area (Å²) < 4.78 is 33.3. The van der Waals surface area contributed by atoms with E-state index >= 15 is 0 Å². The zero-order valence-electron chi connectivity index (χ0n) is 18.5.